The van der Waals surface area contributed by atoms with Gasteiger partial charge in [-0.3, -0.25) is 0 Å². The van der Waals surface area contributed by atoms with E-state index in [-0.39, 0.29) is 0 Å². The van der Waals surface area contributed by atoms with Gasteiger partial charge in [-0.1, -0.05) is 31.4 Å². The second kappa shape index (κ2) is 6.44. The van der Waals surface area contributed by atoms with Crippen molar-refractivity contribution in [2.45, 2.75) is 32.7 Å². The second-order valence-corrected chi connectivity index (χ2v) is 5.69. The Morgan fingerprint density at radius 3 is 2.89 bits per heavy atom. The largest absolute Gasteiger partial charge is 0.496 e. The maximum Gasteiger partial charge on any atom is 0.123 e. The quantitative estimate of drug-likeness (QED) is 0.874. The van der Waals surface area contributed by atoms with E-state index in [0.29, 0.717) is 0 Å². The van der Waals surface area contributed by atoms with Gasteiger partial charge in [0, 0.05) is 17.1 Å². The lowest BCUT2D eigenvalue weighted by Crippen LogP contribution is -2.24. The number of methoxy groups -OCH3 is 1. The van der Waals surface area contributed by atoms with Crippen molar-refractivity contribution in [3.05, 3.63) is 28.8 Å². The molecule has 1 aliphatic carbocycles. The van der Waals surface area contributed by atoms with Gasteiger partial charge < -0.3 is 10.1 Å². The molecule has 1 N–H and O–H groups in total. The van der Waals surface area contributed by atoms with E-state index < -0.39 is 0 Å². The fourth-order valence-corrected chi connectivity index (χ4v) is 3.00. The first kappa shape index (κ1) is 13.7. The Balaban J connectivity index is 1.87. The van der Waals surface area contributed by atoms with Crippen molar-refractivity contribution in [1.82, 2.24) is 5.32 Å². The van der Waals surface area contributed by atoms with Crippen LogP contribution in [0.25, 0.3) is 0 Å². The molecule has 0 radical (unpaired) electrons. The lowest BCUT2D eigenvalue weighted by Gasteiger charge is -2.16. The first-order valence-electron chi connectivity index (χ1n) is 6.74. The Bertz CT molecular complexity index is 394. The first-order chi connectivity index (χ1) is 8.70. The summed E-state index contributed by atoms with van der Waals surface area (Å²) in [6.07, 6.45) is 4.13. The van der Waals surface area contributed by atoms with Crippen LogP contribution in [-0.2, 0) is 6.54 Å². The Hall–Kier alpha value is -0.730. The highest BCUT2D eigenvalue weighted by Gasteiger charge is 2.22. The van der Waals surface area contributed by atoms with E-state index in [1.165, 1.54) is 19.3 Å². The molecule has 0 heterocycles. The smallest absolute Gasteiger partial charge is 0.123 e. The molecular weight excluding hydrogens is 246 g/mol. The Kier molecular flexibility index (Phi) is 4.90. The lowest BCUT2D eigenvalue weighted by molar-refractivity contribution is 0.384. The molecule has 2 nitrogen and oxygen atoms in total. The van der Waals surface area contributed by atoms with Gasteiger partial charge in [-0.05, 0) is 43.0 Å². The van der Waals surface area contributed by atoms with Crippen molar-refractivity contribution >= 4 is 11.6 Å². The molecular formula is C15H22ClNO. The minimum absolute atomic E-state index is 0.766. The van der Waals surface area contributed by atoms with E-state index in [0.717, 1.165) is 41.3 Å². The van der Waals surface area contributed by atoms with Gasteiger partial charge >= 0.3 is 0 Å². The summed E-state index contributed by atoms with van der Waals surface area (Å²) < 4.78 is 5.35. The summed E-state index contributed by atoms with van der Waals surface area (Å²) in [5.41, 5.74) is 1.13. The van der Waals surface area contributed by atoms with Crippen LogP contribution in [0.5, 0.6) is 5.75 Å². The van der Waals surface area contributed by atoms with Crippen molar-refractivity contribution < 1.29 is 4.74 Å². The molecule has 2 rings (SSSR count). The monoisotopic (exact) mass is 267 g/mol. The third-order valence-corrected chi connectivity index (χ3v) is 4.24. The Morgan fingerprint density at radius 2 is 2.22 bits per heavy atom. The van der Waals surface area contributed by atoms with Gasteiger partial charge in [0.15, 0.2) is 0 Å². The van der Waals surface area contributed by atoms with Gasteiger partial charge in [0.2, 0.25) is 0 Å². The molecule has 1 aromatic carbocycles. The van der Waals surface area contributed by atoms with Gasteiger partial charge in [0.05, 0.1) is 7.11 Å². The van der Waals surface area contributed by atoms with E-state index in [9.17, 15) is 0 Å². The van der Waals surface area contributed by atoms with Crippen LogP contribution in [0.1, 0.15) is 31.7 Å². The van der Waals surface area contributed by atoms with Gasteiger partial charge in [-0.2, -0.15) is 0 Å². The van der Waals surface area contributed by atoms with Gasteiger partial charge in [-0.15, -0.1) is 0 Å². The number of halogens is 1. The highest BCUT2D eigenvalue weighted by molar-refractivity contribution is 6.30. The van der Waals surface area contributed by atoms with E-state index >= 15 is 0 Å². The van der Waals surface area contributed by atoms with Gasteiger partial charge in [0.25, 0.3) is 0 Å². The predicted molar refractivity (Wildman–Crippen MR) is 76.2 cm³/mol. The summed E-state index contributed by atoms with van der Waals surface area (Å²) in [5.74, 6) is 2.60. The number of hydrogen-bond acceptors (Lipinski definition) is 2. The van der Waals surface area contributed by atoms with Crippen LogP contribution in [-0.4, -0.2) is 13.7 Å². The molecule has 100 valence electrons. The van der Waals surface area contributed by atoms with Crippen molar-refractivity contribution in [3.63, 3.8) is 0 Å². The molecule has 18 heavy (non-hydrogen) atoms. The maximum atomic E-state index is 6.02. The molecule has 0 aromatic heterocycles. The zero-order valence-corrected chi connectivity index (χ0v) is 12.0. The normalized spacial score (nSPS) is 23.3. The second-order valence-electron chi connectivity index (χ2n) is 5.26. The fourth-order valence-electron chi connectivity index (χ4n) is 2.80. The highest BCUT2D eigenvalue weighted by Crippen LogP contribution is 2.30. The summed E-state index contributed by atoms with van der Waals surface area (Å²) in [6, 6.07) is 5.77. The first-order valence-corrected chi connectivity index (χ1v) is 7.11. The van der Waals surface area contributed by atoms with E-state index in [1.54, 1.807) is 7.11 Å². The van der Waals surface area contributed by atoms with Crippen LogP contribution in [0.4, 0.5) is 0 Å². The third-order valence-electron chi connectivity index (χ3n) is 4.00. The molecule has 1 saturated carbocycles. The maximum absolute atomic E-state index is 6.02. The standard InChI is InChI=1S/C15H22ClNO/c1-11-4-3-5-12(11)9-17-10-13-8-14(16)6-7-15(13)18-2/h6-8,11-12,17H,3-5,9-10H2,1-2H3. The number of nitrogens with one attached hydrogen (secondary N) is 1. The van der Waals surface area contributed by atoms with Crippen LogP contribution in [0.3, 0.4) is 0 Å². The topological polar surface area (TPSA) is 21.3 Å². The zero-order valence-electron chi connectivity index (χ0n) is 11.2. The summed E-state index contributed by atoms with van der Waals surface area (Å²) in [5, 5.41) is 4.30. The number of benzene rings is 1. The summed E-state index contributed by atoms with van der Waals surface area (Å²) in [7, 11) is 1.70. The van der Waals surface area contributed by atoms with Crippen LogP contribution in [0.15, 0.2) is 18.2 Å². The Morgan fingerprint density at radius 1 is 1.39 bits per heavy atom. The summed E-state index contributed by atoms with van der Waals surface area (Å²) >= 11 is 6.02. The Labute approximate surface area is 115 Å². The van der Waals surface area contributed by atoms with Crippen LogP contribution in [0.2, 0.25) is 5.02 Å². The highest BCUT2D eigenvalue weighted by atomic mass is 35.5. The van der Waals surface area contributed by atoms with E-state index in [4.69, 9.17) is 16.3 Å². The minimum atomic E-state index is 0.766. The molecule has 0 amide bonds. The number of ether oxygens (including phenoxy) is 1. The third kappa shape index (κ3) is 3.39. The lowest BCUT2D eigenvalue weighted by atomic mass is 9.98. The van der Waals surface area contributed by atoms with Gasteiger partial charge in [-0.25, -0.2) is 0 Å². The molecule has 3 heteroatoms. The number of rotatable bonds is 5. The molecule has 2 unspecified atom stereocenters. The SMILES string of the molecule is COc1ccc(Cl)cc1CNCC1CCCC1C. The van der Waals surface area contributed by atoms with Crippen molar-refractivity contribution in [3.8, 4) is 5.75 Å². The molecule has 0 aliphatic heterocycles. The summed E-state index contributed by atoms with van der Waals surface area (Å²) in [6.45, 7) is 4.28. The van der Waals surface area contributed by atoms with Crippen LogP contribution >= 0.6 is 11.6 Å². The number of hydrogen-bond donors (Lipinski definition) is 1. The van der Waals surface area contributed by atoms with Crippen LogP contribution < -0.4 is 10.1 Å². The molecule has 2 atom stereocenters. The molecule has 1 aromatic rings. The van der Waals surface area contributed by atoms with Crippen molar-refractivity contribution in [2.24, 2.45) is 11.8 Å². The average Bonchev–Trinajstić information content (AvgIpc) is 2.76. The van der Waals surface area contributed by atoms with Gasteiger partial charge in [0.1, 0.15) is 5.75 Å². The van der Waals surface area contributed by atoms with Crippen molar-refractivity contribution in [2.75, 3.05) is 13.7 Å². The minimum Gasteiger partial charge on any atom is -0.496 e. The molecule has 0 bridgehead atoms. The summed E-state index contributed by atoms with van der Waals surface area (Å²) in [4.78, 5) is 0. The van der Waals surface area contributed by atoms with E-state index in [2.05, 4.69) is 12.2 Å². The zero-order chi connectivity index (χ0) is 13.0. The van der Waals surface area contributed by atoms with Crippen LogP contribution in [0, 0.1) is 11.8 Å². The fraction of sp³-hybridized carbons (Fsp3) is 0.600. The molecule has 1 aliphatic rings. The van der Waals surface area contributed by atoms with Crippen molar-refractivity contribution in [1.29, 1.82) is 0 Å². The average molecular weight is 268 g/mol. The molecule has 0 saturated heterocycles. The molecule has 0 spiro atoms. The molecule has 1 fully saturated rings. The van der Waals surface area contributed by atoms with E-state index in [1.807, 2.05) is 18.2 Å². The predicted octanol–water partition coefficient (Wildman–Crippen LogP) is 3.87.